The molecule has 1 aliphatic rings. The standard InChI is InChI=1S/C17H15BrN4OS2/c18-12-3-4-15(19-10-12)21-5-7-22(8-6-21)17(23)14-11-20-16(25-14)13-2-1-9-24-13/h1-4,9-11H,5-8H2. The van der Waals surface area contributed by atoms with Crippen molar-refractivity contribution in [3.63, 3.8) is 0 Å². The van der Waals surface area contributed by atoms with E-state index in [0.717, 1.165) is 33.3 Å². The SMILES string of the molecule is O=C(c1cnc(-c2cccs2)s1)N1CCN(c2ccc(Br)cn2)CC1. The second-order valence-corrected chi connectivity index (χ2v) is 8.51. The summed E-state index contributed by atoms with van der Waals surface area (Å²) in [6.45, 7) is 2.97. The highest BCUT2D eigenvalue weighted by Gasteiger charge is 2.24. The van der Waals surface area contributed by atoms with Crippen molar-refractivity contribution >= 4 is 50.3 Å². The molecule has 1 amide bonds. The second-order valence-electron chi connectivity index (χ2n) is 5.62. The van der Waals surface area contributed by atoms with Crippen LogP contribution < -0.4 is 4.90 Å². The number of halogens is 1. The molecule has 0 N–H and O–H groups in total. The number of anilines is 1. The van der Waals surface area contributed by atoms with Gasteiger partial charge in [0.15, 0.2) is 0 Å². The maximum atomic E-state index is 12.7. The Morgan fingerprint density at radius 3 is 2.60 bits per heavy atom. The monoisotopic (exact) mass is 434 g/mol. The van der Waals surface area contributed by atoms with Crippen LogP contribution in [-0.4, -0.2) is 47.0 Å². The molecule has 8 heteroatoms. The first kappa shape index (κ1) is 16.7. The van der Waals surface area contributed by atoms with Crippen LogP contribution in [0.1, 0.15) is 9.67 Å². The zero-order valence-electron chi connectivity index (χ0n) is 13.3. The zero-order chi connectivity index (χ0) is 17.2. The van der Waals surface area contributed by atoms with Gasteiger partial charge in [0.1, 0.15) is 15.7 Å². The molecule has 0 aromatic carbocycles. The Morgan fingerprint density at radius 2 is 1.92 bits per heavy atom. The van der Waals surface area contributed by atoms with Crippen LogP contribution in [0.4, 0.5) is 5.82 Å². The molecule has 128 valence electrons. The van der Waals surface area contributed by atoms with Gasteiger partial charge in [0.25, 0.3) is 5.91 Å². The summed E-state index contributed by atoms with van der Waals surface area (Å²) >= 11 is 6.51. The first-order valence-corrected chi connectivity index (χ1v) is 10.3. The first-order chi connectivity index (χ1) is 12.2. The fourth-order valence-corrected chi connectivity index (χ4v) is 4.66. The van der Waals surface area contributed by atoms with E-state index >= 15 is 0 Å². The highest BCUT2D eigenvalue weighted by atomic mass is 79.9. The van der Waals surface area contributed by atoms with E-state index in [4.69, 9.17) is 0 Å². The molecule has 1 saturated heterocycles. The van der Waals surface area contributed by atoms with Gasteiger partial charge in [-0.25, -0.2) is 9.97 Å². The van der Waals surface area contributed by atoms with E-state index in [2.05, 4.69) is 30.8 Å². The lowest BCUT2D eigenvalue weighted by Crippen LogP contribution is -2.48. The molecule has 0 atom stereocenters. The summed E-state index contributed by atoms with van der Waals surface area (Å²) < 4.78 is 0.969. The fraction of sp³-hybridized carbons (Fsp3) is 0.235. The normalized spacial score (nSPS) is 14.8. The molecule has 5 nitrogen and oxygen atoms in total. The van der Waals surface area contributed by atoms with Crippen molar-refractivity contribution < 1.29 is 4.79 Å². The molecule has 1 aliphatic heterocycles. The van der Waals surface area contributed by atoms with Crippen molar-refractivity contribution in [3.8, 4) is 9.88 Å². The van der Waals surface area contributed by atoms with Gasteiger partial charge in [0.05, 0.1) is 11.1 Å². The van der Waals surface area contributed by atoms with Gasteiger partial charge < -0.3 is 9.80 Å². The zero-order valence-corrected chi connectivity index (χ0v) is 16.5. The highest BCUT2D eigenvalue weighted by Crippen LogP contribution is 2.29. The van der Waals surface area contributed by atoms with Crippen LogP contribution in [0.15, 0.2) is 46.5 Å². The summed E-state index contributed by atoms with van der Waals surface area (Å²) in [6, 6.07) is 8.02. The predicted molar refractivity (Wildman–Crippen MR) is 105 cm³/mol. The van der Waals surface area contributed by atoms with E-state index in [1.807, 2.05) is 34.5 Å². The number of thiophene rings is 1. The van der Waals surface area contributed by atoms with Crippen LogP contribution in [0.2, 0.25) is 0 Å². The minimum Gasteiger partial charge on any atom is -0.353 e. The quantitative estimate of drug-likeness (QED) is 0.624. The predicted octanol–water partition coefficient (Wildman–Crippen LogP) is 3.99. The van der Waals surface area contributed by atoms with Crippen LogP contribution >= 0.6 is 38.6 Å². The van der Waals surface area contributed by atoms with Crippen LogP contribution in [0, 0.1) is 0 Å². The van der Waals surface area contributed by atoms with Gasteiger partial charge in [-0.05, 0) is 39.5 Å². The molecular formula is C17H15BrN4OS2. The molecule has 3 aromatic rings. The van der Waals surface area contributed by atoms with Crippen LogP contribution in [0.5, 0.6) is 0 Å². The Morgan fingerprint density at radius 1 is 1.08 bits per heavy atom. The molecule has 0 bridgehead atoms. The second kappa shape index (κ2) is 7.23. The Labute approximate surface area is 162 Å². The number of carbonyl (C=O) groups excluding carboxylic acids is 1. The average molecular weight is 435 g/mol. The summed E-state index contributed by atoms with van der Waals surface area (Å²) in [5.74, 6) is 1.02. The van der Waals surface area contributed by atoms with E-state index in [-0.39, 0.29) is 5.91 Å². The third-order valence-corrected chi connectivity index (χ3v) is 6.54. The lowest BCUT2D eigenvalue weighted by molar-refractivity contribution is 0.0751. The number of thiazole rings is 1. The molecule has 0 spiro atoms. The van der Waals surface area contributed by atoms with E-state index in [0.29, 0.717) is 18.0 Å². The molecule has 4 rings (SSSR count). The van der Waals surface area contributed by atoms with Crippen molar-refractivity contribution in [3.05, 3.63) is 51.4 Å². The third kappa shape index (κ3) is 3.61. The topological polar surface area (TPSA) is 49.3 Å². The van der Waals surface area contributed by atoms with E-state index in [9.17, 15) is 4.79 Å². The van der Waals surface area contributed by atoms with Crippen molar-refractivity contribution in [2.24, 2.45) is 0 Å². The minimum atomic E-state index is 0.0729. The Hall–Kier alpha value is -1.77. The average Bonchev–Trinajstić information content (AvgIpc) is 3.33. The Balaban J connectivity index is 1.40. The lowest BCUT2D eigenvalue weighted by atomic mass is 10.3. The first-order valence-electron chi connectivity index (χ1n) is 7.86. The number of rotatable bonds is 3. The number of amides is 1. The summed E-state index contributed by atoms with van der Waals surface area (Å²) in [5.41, 5.74) is 0. The van der Waals surface area contributed by atoms with Gasteiger partial charge in [-0.1, -0.05) is 6.07 Å². The molecule has 0 radical (unpaired) electrons. The fourth-order valence-electron chi connectivity index (χ4n) is 2.74. The van der Waals surface area contributed by atoms with Gasteiger partial charge in [-0.2, -0.15) is 0 Å². The van der Waals surface area contributed by atoms with Crippen molar-refractivity contribution in [1.82, 2.24) is 14.9 Å². The Kier molecular flexibility index (Phi) is 4.82. The summed E-state index contributed by atoms with van der Waals surface area (Å²) in [7, 11) is 0. The molecule has 25 heavy (non-hydrogen) atoms. The molecule has 0 aliphatic carbocycles. The van der Waals surface area contributed by atoms with Gasteiger partial charge in [0, 0.05) is 36.8 Å². The van der Waals surface area contributed by atoms with Crippen molar-refractivity contribution in [2.45, 2.75) is 0 Å². The number of nitrogens with zero attached hydrogens (tertiary/aromatic N) is 4. The molecule has 0 saturated carbocycles. The molecule has 4 heterocycles. The highest BCUT2D eigenvalue weighted by molar-refractivity contribution is 9.10. The maximum absolute atomic E-state index is 12.7. The van der Waals surface area contributed by atoms with Crippen LogP contribution in [-0.2, 0) is 0 Å². The van der Waals surface area contributed by atoms with Gasteiger partial charge >= 0.3 is 0 Å². The minimum absolute atomic E-state index is 0.0729. The third-order valence-electron chi connectivity index (χ3n) is 4.05. The van der Waals surface area contributed by atoms with E-state index in [1.54, 1.807) is 23.7 Å². The number of carbonyl (C=O) groups is 1. The molecule has 3 aromatic heterocycles. The summed E-state index contributed by atoms with van der Waals surface area (Å²) in [4.78, 5) is 27.5. The molecule has 0 unspecified atom stereocenters. The smallest absolute Gasteiger partial charge is 0.265 e. The summed E-state index contributed by atoms with van der Waals surface area (Å²) in [5, 5.41) is 2.93. The Bertz CT molecular complexity index is 855. The van der Waals surface area contributed by atoms with E-state index < -0.39 is 0 Å². The van der Waals surface area contributed by atoms with Gasteiger partial charge in [-0.3, -0.25) is 4.79 Å². The van der Waals surface area contributed by atoms with Gasteiger partial charge in [0.2, 0.25) is 0 Å². The maximum Gasteiger partial charge on any atom is 0.265 e. The number of aromatic nitrogens is 2. The number of hydrogen-bond acceptors (Lipinski definition) is 6. The van der Waals surface area contributed by atoms with Gasteiger partial charge in [-0.15, -0.1) is 22.7 Å². The van der Waals surface area contributed by atoms with Crippen molar-refractivity contribution in [1.29, 1.82) is 0 Å². The van der Waals surface area contributed by atoms with Crippen LogP contribution in [0.25, 0.3) is 9.88 Å². The molecular weight excluding hydrogens is 420 g/mol. The van der Waals surface area contributed by atoms with Crippen LogP contribution in [0.3, 0.4) is 0 Å². The largest absolute Gasteiger partial charge is 0.353 e. The van der Waals surface area contributed by atoms with E-state index in [1.165, 1.54) is 11.3 Å². The number of piperazine rings is 1. The summed E-state index contributed by atoms with van der Waals surface area (Å²) in [6.07, 6.45) is 3.50. The van der Waals surface area contributed by atoms with Crippen molar-refractivity contribution in [2.75, 3.05) is 31.1 Å². The number of pyridine rings is 1. The lowest BCUT2D eigenvalue weighted by Gasteiger charge is -2.35. The molecule has 1 fully saturated rings. The number of hydrogen-bond donors (Lipinski definition) is 0.